The first kappa shape index (κ1) is 18.4. The maximum absolute atomic E-state index is 12.0. The Morgan fingerprint density at radius 3 is 2.52 bits per heavy atom. The van der Waals surface area contributed by atoms with Crippen LogP contribution < -0.4 is 15.4 Å². The van der Waals surface area contributed by atoms with Gasteiger partial charge >= 0.3 is 0 Å². The molecule has 6 heteroatoms. The number of carbonyl (C=O) groups is 1. The van der Waals surface area contributed by atoms with Crippen molar-refractivity contribution in [3.63, 3.8) is 0 Å². The molecular weight excluding hydrogens is 340 g/mol. The molecule has 1 amide bonds. The zero-order valence-electron chi connectivity index (χ0n) is 15.8. The fourth-order valence-electron chi connectivity index (χ4n) is 2.52. The quantitative estimate of drug-likeness (QED) is 0.708. The zero-order valence-corrected chi connectivity index (χ0v) is 15.8. The van der Waals surface area contributed by atoms with Gasteiger partial charge in [-0.05, 0) is 56.2 Å². The fraction of sp³-hybridized carbons (Fsp3) is 0.190. The van der Waals surface area contributed by atoms with Gasteiger partial charge in [-0.3, -0.25) is 4.79 Å². The average Bonchev–Trinajstić information content (AvgIpc) is 2.67. The molecular formula is C21H22N4O2. The second-order valence-electron chi connectivity index (χ2n) is 6.28. The van der Waals surface area contributed by atoms with E-state index in [1.165, 1.54) is 11.1 Å². The Kier molecular flexibility index (Phi) is 5.35. The van der Waals surface area contributed by atoms with Crippen molar-refractivity contribution in [2.45, 2.75) is 20.8 Å². The Labute approximate surface area is 158 Å². The molecule has 0 saturated carbocycles. The number of hydrogen-bond acceptors (Lipinski definition) is 5. The Bertz CT molecular complexity index is 986. The minimum atomic E-state index is -0.217. The van der Waals surface area contributed by atoms with Crippen LogP contribution >= 0.6 is 0 Å². The van der Waals surface area contributed by atoms with Crippen LogP contribution in [0.1, 0.15) is 27.0 Å². The lowest BCUT2D eigenvalue weighted by molar-refractivity contribution is 0.0960. The van der Waals surface area contributed by atoms with Crippen LogP contribution in [0.5, 0.6) is 11.6 Å². The van der Waals surface area contributed by atoms with Gasteiger partial charge in [-0.2, -0.15) is 4.98 Å². The summed E-state index contributed by atoms with van der Waals surface area (Å²) in [6, 6.07) is 13.1. The largest absolute Gasteiger partial charge is 0.438 e. The highest BCUT2D eigenvalue weighted by atomic mass is 16.5. The normalized spacial score (nSPS) is 10.4. The molecule has 27 heavy (non-hydrogen) atoms. The van der Waals surface area contributed by atoms with E-state index in [1.807, 2.05) is 31.2 Å². The Morgan fingerprint density at radius 2 is 1.78 bits per heavy atom. The minimum absolute atomic E-state index is 0.217. The minimum Gasteiger partial charge on any atom is -0.438 e. The van der Waals surface area contributed by atoms with E-state index in [2.05, 4.69) is 34.4 Å². The van der Waals surface area contributed by atoms with Crippen LogP contribution in [0.4, 0.5) is 11.6 Å². The van der Waals surface area contributed by atoms with Crippen molar-refractivity contribution in [3.8, 4) is 11.6 Å². The van der Waals surface area contributed by atoms with Crippen molar-refractivity contribution in [1.82, 2.24) is 15.3 Å². The molecule has 0 bridgehead atoms. The molecule has 6 nitrogen and oxygen atoms in total. The number of carbonyl (C=O) groups excluding carboxylic acids is 1. The summed E-state index contributed by atoms with van der Waals surface area (Å²) in [6.45, 7) is 5.98. The third kappa shape index (κ3) is 4.23. The lowest BCUT2D eigenvalue weighted by Gasteiger charge is -2.13. The van der Waals surface area contributed by atoms with E-state index in [-0.39, 0.29) is 5.91 Å². The number of rotatable bonds is 5. The monoisotopic (exact) mass is 362 g/mol. The van der Waals surface area contributed by atoms with Crippen molar-refractivity contribution in [2.75, 3.05) is 12.4 Å². The number of amides is 1. The summed E-state index contributed by atoms with van der Waals surface area (Å²) in [6.07, 6.45) is 1.69. The third-order valence-corrected chi connectivity index (χ3v) is 4.25. The van der Waals surface area contributed by atoms with E-state index in [1.54, 1.807) is 31.4 Å². The molecule has 0 aliphatic carbocycles. The van der Waals surface area contributed by atoms with Gasteiger partial charge < -0.3 is 15.4 Å². The average molecular weight is 362 g/mol. The lowest BCUT2D eigenvalue weighted by atomic mass is 10.1. The molecule has 2 aromatic carbocycles. The number of nitrogens with zero attached hydrogens (tertiary/aromatic N) is 2. The van der Waals surface area contributed by atoms with Gasteiger partial charge in [-0.15, -0.1) is 0 Å². The van der Waals surface area contributed by atoms with Gasteiger partial charge in [0.15, 0.2) is 0 Å². The highest BCUT2D eigenvalue weighted by molar-refractivity contribution is 5.96. The summed E-state index contributed by atoms with van der Waals surface area (Å²) in [4.78, 5) is 20.8. The molecule has 0 radical (unpaired) electrons. The number of nitrogens with one attached hydrogen (secondary N) is 2. The molecule has 1 heterocycles. The van der Waals surface area contributed by atoms with Gasteiger partial charge in [-0.1, -0.05) is 18.2 Å². The number of ether oxygens (including phenoxy) is 1. The number of para-hydroxylation sites is 1. The number of anilines is 2. The lowest BCUT2D eigenvalue weighted by Crippen LogP contribution is -2.18. The summed E-state index contributed by atoms with van der Waals surface area (Å²) < 4.78 is 5.93. The van der Waals surface area contributed by atoms with Crippen LogP contribution in [-0.4, -0.2) is 22.9 Å². The Balaban J connectivity index is 1.88. The second kappa shape index (κ2) is 7.86. The van der Waals surface area contributed by atoms with Crippen LogP contribution in [0.15, 0.2) is 48.7 Å². The predicted molar refractivity (Wildman–Crippen MR) is 106 cm³/mol. The van der Waals surface area contributed by atoms with Gasteiger partial charge in [0.2, 0.25) is 11.8 Å². The Morgan fingerprint density at radius 1 is 1.00 bits per heavy atom. The van der Waals surface area contributed by atoms with Crippen LogP contribution in [0.3, 0.4) is 0 Å². The van der Waals surface area contributed by atoms with Crippen LogP contribution in [0.2, 0.25) is 0 Å². The highest BCUT2D eigenvalue weighted by Gasteiger charge is 2.14. The van der Waals surface area contributed by atoms with Gasteiger partial charge in [0, 0.05) is 24.5 Å². The first-order chi connectivity index (χ1) is 13.0. The first-order valence-corrected chi connectivity index (χ1v) is 8.65. The van der Waals surface area contributed by atoms with Gasteiger partial charge in [0.05, 0.1) is 5.56 Å². The molecule has 0 saturated heterocycles. The smallest absolute Gasteiger partial charge is 0.254 e. The second-order valence-corrected chi connectivity index (χ2v) is 6.28. The maximum atomic E-state index is 12.0. The number of aryl methyl sites for hydroxylation is 3. The fourth-order valence-corrected chi connectivity index (χ4v) is 2.52. The maximum Gasteiger partial charge on any atom is 0.254 e. The molecule has 0 atom stereocenters. The van der Waals surface area contributed by atoms with E-state index in [9.17, 15) is 4.79 Å². The van der Waals surface area contributed by atoms with E-state index < -0.39 is 0 Å². The molecule has 3 aromatic rings. The molecule has 138 valence electrons. The first-order valence-electron chi connectivity index (χ1n) is 8.65. The van der Waals surface area contributed by atoms with Gasteiger partial charge in [0.1, 0.15) is 5.75 Å². The summed E-state index contributed by atoms with van der Waals surface area (Å²) in [5.74, 6) is 1.05. The van der Waals surface area contributed by atoms with Crippen molar-refractivity contribution in [2.24, 2.45) is 0 Å². The van der Waals surface area contributed by atoms with Crippen molar-refractivity contribution in [3.05, 3.63) is 70.9 Å². The van der Waals surface area contributed by atoms with E-state index in [0.29, 0.717) is 23.1 Å². The number of aromatic nitrogens is 2. The summed E-state index contributed by atoms with van der Waals surface area (Å²) in [5.41, 5.74) is 4.52. The van der Waals surface area contributed by atoms with Crippen molar-refractivity contribution in [1.29, 1.82) is 0 Å². The van der Waals surface area contributed by atoms with Gasteiger partial charge in [-0.25, -0.2) is 4.98 Å². The van der Waals surface area contributed by atoms with E-state index in [0.717, 1.165) is 11.3 Å². The summed E-state index contributed by atoms with van der Waals surface area (Å²) in [7, 11) is 1.58. The third-order valence-electron chi connectivity index (χ3n) is 4.25. The molecule has 0 unspecified atom stereocenters. The summed E-state index contributed by atoms with van der Waals surface area (Å²) >= 11 is 0. The Hall–Kier alpha value is -3.41. The molecule has 0 spiro atoms. The topological polar surface area (TPSA) is 76.1 Å². The molecule has 0 fully saturated rings. The molecule has 1 aromatic heterocycles. The van der Waals surface area contributed by atoms with Crippen molar-refractivity contribution >= 4 is 17.5 Å². The number of hydrogen-bond donors (Lipinski definition) is 2. The zero-order chi connectivity index (χ0) is 19.4. The summed E-state index contributed by atoms with van der Waals surface area (Å²) in [5, 5.41) is 5.80. The standard InChI is InChI=1S/C21H22N4O2/c1-13-9-10-16(11-14(13)2)24-21-23-12-15(3)20(25-21)27-18-8-6-5-7-17(18)19(26)22-4/h5-12H,1-4H3,(H,22,26)(H,23,24,25). The predicted octanol–water partition coefficient (Wildman–Crippen LogP) is 4.30. The molecule has 2 N–H and O–H groups in total. The van der Waals surface area contributed by atoms with E-state index >= 15 is 0 Å². The van der Waals surface area contributed by atoms with Gasteiger partial charge in [0.25, 0.3) is 5.91 Å². The SMILES string of the molecule is CNC(=O)c1ccccc1Oc1nc(Nc2ccc(C)c(C)c2)ncc1C. The van der Waals surface area contributed by atoms with Crippen LogP contribution in [0, 0.1) is 20.8 Å². The molecule has 3 rings (SSSR count). The van der Waals surface area contributed by atoms with E-state index in [4.69, 9.17) is 4.74 Å². The van der Waals surface area contributed by atoms with Crippen LogP contribution in [-0.2, 0) is 0 Å². The number of benzene rings is 2. The molecule has 0 aliphatic heterocycles. The highest BCUT2D eigenvalue weighted by Crippen LogP contribution is 2.27. The van der Waals surface area contributed by atoms with Crippen molar-refractivity contribution < 1.29 is 9.53 Å². The molecule has 0 aliphatic rings. The van der Waals surface area contributed by atoms with Crippen LogP contribution in [0.25, 0.3) is 0 Å².